The van der Waals surface area contributed by atoms with Crippen LogP contribution >= 0.6 is 0 Å². The van der Waals surface area contributed by atoms with Crippen molar-refractivity contribution in [2.45, 2.75) is 13.0 Å². The van der Waals surface area contributed by atoms with Gasteiger partial charge in [0.2, 0.25) is 0 Å². The van der Waals surface area contributed by atoms with Crippen LogP contribution in [0.1, 0.15) is 5.56 Å². The fourth-order valence-corrected chi connectivity index (χ4v) is 1.54. The van der Waals surface area contributed by atoms with Crippen molar-refractivity contribution < 1.29 is 14.6 Å². The number of ether oxygens (including phenoxy) is 2. The van der Waals surface area contributed by atoms with Crippen LogP contribution < -0.4 is 20.9 Å². The topological polar surface area (TPSA) is 90.7 Å². The molecule has 0 saturated carbocycles. The first kappa shape index (κ1) is 9.92. The average Bonchev–Trinajstić information content (AvgIpc) is 2.25. The molecule has 0 amide bonds. The van der Waals surface area contributed by atoms with Crippen molar-refractivity contribution in [2.75, 3.05) is 24.7 Å². The third-order valence-electron chi connectivity index (χ3n) is 2.41. The Labute approximate surface area is 87.6 Å². The maximum atomic E-state index is 8.97. The van der Waals surface area contributed by atoms with Crippen LogP contribution in [0.25, 0.3) is 0 Å². The monoisotopic (exact) mass is 210 g/mol. The summed E-state index contributed by atoms with van der Waals surface area (Å²) >= 11 is 0. The van der Waals surface area contributed by atoms with Gasteiger partial charge in [-0.25, -0.2) is 0 Å². The molecule has 0 bridgehead atoms. The van der Waals surface area contributed by atoms with E-state index in [9.17, 15) is 0 Å². The van der Waals surface area contributed by atoms with Crippen LogP contribution in [0.15, 0.2) is 6.07 Å². The second-order valence-electron chi connectivity index (χ2n) is 3.59. The second kappa shape index (κ2) is 3.51. The molecule has 1 aromatic rings. The van der Waals surface area contributed by atoms with E-state index in [0.29, 0.717) is 22.9 Å². The number of aryl methyl sites for hydroxylation is 1. The van der Waals surface area contributed by atoms with Gasteiger partial charge in [0, 0.05) is 0 Å². The molecule has 2 rings (SSSR count). The molecular weight excluding hydrogens is 196 g/mol. The van der Waals surface area contributed by atoms with Crippen molar-refractivity contribution >= 4 is 11.4 Å². The van der Waals surface area contributed by atoms with Crippen molar-refractivity contribution in [1.82, 2.24) is 0 Å². The zero-order valence-electron chi connectivity index (χ0n) is 8.49. The smallest absolute Gasteiger partial charge is 0.187 e. The summed E-state index contributed by atoms with van der Waals surface area (Å²) in [7, 11) is 0. The van der Waals surface area contributed by atoms with E-state index in [4.69, 9.17) is 26.0 Å². The largest absolute Gasteiger partial charge is 0.484 e. The molecule has 0 fully saturated rings. The minimum absolute atomic E-state index is 0.104. The number of aliphatic hydroxyl groups excluding tert-OH is 1. The number of fused-ring (bicyclic) bond motifs is 1. The van der Waals surface area contributed by atoms with Gasteiger partial charge in [0.1, 0.15) is 6.61 Å². The fraction of sp³-hybridized carbons (Fsp3) is 0.400. The van der Waals surface area contributed by atoms with Crippen LogP contribution in [-0.2, 0) is 0 Å². The Morgan fingerprint density at radius 3 is 2.87 bits per heavy atom. The van der Waals surface area contributed by atoms with Gasteiger partial charge in [-0.05, 0) is 18.6 Å². The predicted molar refractivity (Wildman–Crippen MR) is 57.0 cm³/mol. The van der Waals surface area contributed by atoms with Crippen molar-refractivity contribution in [3.63, 3.8) is 0 Å². The zero-order valence-corrected chi connectivity index (χ0v) is 8.49. The lowest BCUT2D eigenvalue weighted by Crippen LogP contribution is -2.33. The molecule has 0 radical (unpaired) electrons. The third kappa shape index (κ3) is 1.55. The van der Waals surface area contributed by atoms with Crippen LogP contribution in [0.2, 0.25) is 0 Å². The molecule has 1 aromatic carbocycles. The first-order valence-corrected chi connectivity index (χ1v) is 4.72. The number of rotatable bonds is 1. The van der Waals surface area contributed by atoms with Gasteiger partial charge >= 0.3 is 0 Å². The summed E-state index contributed by atoms with van der Waals surface area (Å²) in [6.45, 7) is 2.03. The van der Waals surface area contributed by atoms with Gasteiger partial charge in [-0.3, -0.25) is 0 Å². The van der Waals surface area contributed by atoms with Crippen LogP contribution in [0.5, 0.6) is 11.5 Å². The average molecular weight is 210 g/mol. The molecule has 0 spiro atoms. The highest BCUT2D eigenvalue weighted by Crippen LogP contribution is 2.43. The third-order valence-corrected chi connectivity index (χ3v) is 2.41. The van der Waals surface area contributed by atoms with Gasteiger partial charge in [-0.1, -0.05) is 0 Å². The van der Waals surface area contributed by atoms with E-state index in [1.807, 2.05) is 6.92 Å². The summed E-state index contributed by atoms with van der Waals surface area (Å²) in [6, 6.07) is 1.75. The minimum atomic E-state index is -0.374. The highest BCUT2D eigenvalue weighted by atomic mass is 16.6. The molecule has 1 unspecified atom stereocenters. The summed E-state index contributed by atoms with van der Waals surface area (Å²) < 4.78 is 10.9. The Bertz CT molecular complexity index is 393. The minimum Gasteiger partial charge on any atom is -0.484 e. The number of hydrogen-bond donors (Lipinski definition) is 3. The van der Waals surface area contributed by atoms with Crippen LogP contribution in [0.4, 0.5) is 11.4 Å². The van der Waals surface area contributed by atoms with E-state index >= 15 is 0 Å². The Morgan fingerprint density at radius 2 is 2.20 bits per heavy atom. The summed E-state index contributed by atoms with van der Waals surface area (Å²) in [5, 5.41) is 8.97. The normalized spacial score (nSPS) is 18.9. The van der Waals surface area contributed by atoms with Gasteiger partial charge in [-0.2, -0.15) is 0 Å². The first-order valence-electron chi connectivity index (χ1n) is 4.72. The molecule has 0 aromatic heterocycles. The number of benzene rings is 1. The standard InChI is InChI=1S/C10H14N2O3/c1-5-2-7(11)9-10(8(5)12)15-6(3-13)4-14-9/h2,6,13H,3-4,11-12H2,1H3. The maximum Gasteiger partial charge on any atom is 0.187 e. The number of anilines is 2. The lowest BCUT2D eigenvalue weighted by Gasteiger charge is -2.27. The number of hydrogen-bond acceptors (Lipinski definition) is 5. The Kier molecular flexibility index (Phi) is 2.32. The molecule has 0 aliphatic carbocycles. The SMILES string of the molecule is Cc1cc(N)c2c(c1N)OC(CO)CO2. The van der Waals surface area contributed by atoms with E-state index in [-0.39, 0.29) is 19.3 Å². The van der Waals surface area contributed by atoms with Gasteiger partial charge in [0.15, 0.2) is 17.6 Å². The first-order chi connectivity index (χ1) is 7.13. The molecule has 1 heterocycles. The summed E-state index contributed by atoms with van der Waals surface area (Å²) in [4.78, 5) is 0. The number of nitrogens with two attached hydrogens (primary N) is 2. The molecule has 82 valence electrons. The van der Waals surface area contributed by atoms with Crippen molar-refractivity contribution in [1.29, 1.82) is 0 Å². The maximum absolute atomic E-state index is 8.97. The highest BCUT2D eigenvalue weighted by molar-refractivity contribution is 5.74. The van der Waals surface area contributed by atoms with Crippen LogP contribution in [-0.4, -0.2) is 24.4 Å². The summed E-state index contributed by atoms with van der Waals surface area (Å²) in [5.74, 6) is 0.917. The molecule has 1 aliphatic heterocycles. The van der Waals surface area contributed by atoms with Gasteiger partial charge in [0.25, 0.3) is 0 Å². The van der Waals surface area contributed by atoms with Crippen molar-refractivity contribution in [3.05, 3.63) is 11.6 Å². The van der Waals surface area contributed by atoms with Gasteiger partial charge < -0.3 is 26.0 Å². The predicted octanol–water partition coefficient (Wildman–Crippen LogP) is 0.292. The van der Waals surface area contributed by atoms with Crippen molar-refractivity contribution in [2.24, 2.45) is 0 Å². The quantitative estimate of drug-likeness (QED) is 0.579. The lowest BCUT2D eigenvalue weighted by atomic mass is 10.1. The van der Waals surface area contributed by atoms with Gasteiger partial charge in [0.05, 0.1) is 18.0 Å². The summed E-state index contributed by atoms with van der Waals surface area (Å²) in [6.07, 6.45) is -0.374. The van der Waals surface area contributed by atoms with E-state index in [2.05, 4.69) is 0 Å². The van der Waals surface area contributed by atoms with Gasteiger partial charge in [-0.15, -0.1) is 0 Å². The second-order valence-corrected chi connectivity index (χ2v) is 3.59. The molecule has 1 aliphatic rings. The summed E-state index contributed by atoms with van der Waals surface area (Å²) in [5.41, 5.74) is 13.5. The number of nitrogen functional groups attached to an aromatic ring is 2. The Hall–Kier alpha value is -1.62. The van der Waals surface area contributed by atoms with E-state index < -0.39 is 0 Å². The number of aliphatic hydroxyl groups is 1. The van der Waals surface area contributed by atoms with E-state index in [1.165, 1.54) is 0 Å². The molecule has 5 nitrogen and oxygen atoms in total. The van der Waals surface area contributed by atoms with Crippen LogP contribution in [0, 0.1) is 6.92 Å². The fourth-order valence-electron chi connectivity index (χ4n) is 1.54. The van der Waals surface area contributed by atoms with Crippen molar-refractivity contribution in [3.8, 4) is 11.5 Å². The molecule has 1 atom stereocenters. The highest BCUT2D eigenvalue weighted by Gasteiger charge is 2.25. The van der Waals surface area contributed by atoms with E-state index in [0.717, 1.165) is 5.56 Å². The van der Waals surface area contributed by atoms with Crippen LogP contribution in [0.3, 0.4) is 0 Å². The Morgan fingerprint density at radius 1 is 1.47 bits per heavy atom. The molecule has 15 heavy (non-hydrogen) atoms. The molecule has 5 heteroatoms. The lowest BCUT2D eigenvalue weighted by molar-refractivity contribution is 0.0469. The van der Waals surface area contributed by atoms with E-state index in [1.54, 1.807) is 6.07 Å². The Balaban J connectivity index is 2.48. The molecular formula is C10H14N2O3. The molecule has 0 saturated heterocycles. The zero-order chi connectivity index (χ0) is 11.0. The molecule has 5 N–H and O–H groups in total.